The van der Waals surface area contributed by atoms with Crippen LogP contribution in [0, 0.1) is 11.3 Å². The molecule has 5 heteroatoms. The lowest BCUT2D eigenvalue weighted by molar-refractivity contribution is 0.982. The first-order chi connectivity index (χ1) is 24.2. The summed E-state index contributed by atoms with van der Waals surface area (Å²) < 4.78 is 2.07. The molecule has 0 N–H and O–H groups in total. The molecule has 0 aliphatic heterocycles. The minimum Gasteiger partial charge on any atom is -0.262 e. The summed E-state index contributed by atoms with van der Waals surface area (Å²) in [7, 11) is 0. The molecule has 0 amide bonds. The first-order valence-electron chi connectivity index (χ1n) is 16.2. The largest absolute Gasteiger partial charge is 0.262 e. The molecular weight excluding hydrogens is 599 g/mol. The molecule has 0 saturated carbocycles. The van der Waals surface area contributed by atoms with Crippen molar-refractivity contribution in [3.8, 4) is 56.9 Å². The summed E-state index contributed by atoms with van der Waals surface area (Å²) in [6, 6.07) is 58.0. The van der Waals surface area contributed by atoms with Crippen molar-refractivity contribution in [2.24, 2.45) is 0 Å². The summed E-state index contributed by atoms with van der Waals surface area (Å²) in [4.78, 5) is 15.7. The van der Waals surface area contributed by atoms with E-state index in [0.717, 1.165) is 61.3 Å². The minimum atomic E-state index is 0.524. The topological polar surface area (TPSA) is 67.4 Å². The monoisotopic (exact) mass is 625 g/mol. The Bertz CT molecular complexity index is 2710. The second kappa shape index (κ2) is 11.7. The van der Waals surface area contributed by atoms with Crippen LogP contribution >= 0.6 is 0 Å². The molecule has 0 atom stereocenters. The van der Waals surface area contributed by atoms with Gasteiger partial charge < -0.3 is 0 Å². The van der Waals surface area contributed by atoms with Gasteiger partial charge in [-0.3, -0.25) is 4.57 Å². The quantitative estimate of drug-likeness (QED) is 0.191. The van der Waals surface area contributed by atoms with Crippen molar-refractivity contribution in [3.63, 3.8) is 0 Å². The Hall–Kier alpha value is -6.90. The molecule has 0 fully saturated rings. The standard InChI is InChI=1S/C44H27N5/c45-28-29-20-22-32(23-21-29)40-27-41(34-15-8-14-33(26-34)36-18-9-13-30-10-4-5-16-35(30)36)48-44(47-40)49-42-19-7-6-17-37(42)38-24-25-39(46-43(38)49)31-11-2-1-3-12-31/h1-27H. The van der Waals surface area contributed by atoms with Crippen molar-refractivity contribution in [1.82, 2.24) is 19.5 Å². The van der Waals surface area contributed by atoms with E-state index in [1.165, 1.54) is 16.3 Å². The third kappa shape index (κ3) is 5.00. The van der Waals surface area contributed by atoms with Crippen molar-refractivity contribution in [3.05, 3.63) is 169 Å². The van der Waals surface area contributed by atoms with Gasteiger partial charge in [-0.1, -0.05) is 121 Å². The van der Waals surface area contributed by atoms with Gasteiger partial charge in [0.05, 0.1) is 34.2 Å². The smallest absolute Gasteiger partial charge is 0.237 e. The zero-order valence-electron chi connectivity index (χ0n) is 26.3. The number of para-hydroxylation sites is 1. The normalized spacial score (nSPS) is 11.2. The highest BCUT2D eigenvalue weighted by Gasteiger charge is 2.19. The van der Waals surface area contributed by atoms with Gasteiger partial charge in [-0.25, -0.2) is 15.0 Å². The molecular formula is C44H27N5. The van der Waals surface area contributed by atoms with Crippen LogP contribution in [0.2, 0.25) is 0 Å². The summed E-state index contributed by atoms with van der Waals surface area (Å²) in [6.45, 7) is 0. The third-order valence-electron chi connectivity index (χ3n) is 9.07. The van der Waals surface area contributed by atoms with Crippen molar-refractivity contribution in [1.29, 1.82) is 5.26 Å². The predicted molar refractivity (Wildman–Crippen MR) is 198 cm³/mol. The molecule has 0 bridgehead atoms. The first-order valence-corrected chi connectivity index (χ1v) is 16.2. The first kappa shape index (κ1) is 28.3. The van der Waals surface area contributed by atoms with Gasteiger partial charge in [0.25, 0.3) is 0 Å². The summed E-state index contributed by atoms with van der Waals surface area (Å²) in [6.07, 6.45) is 0. The van der Waals surface area contributed by atoms with E-state index >= 15 is 0 Å². The molecule has 0 aliphatic rings. The molecule has 228 valence electrons. The Morgan fingerprint density at radius 2 is 1.10 bits per heavy atom. The van der Waals surface area contributed by atoms with E-state index < -0.39 is 0 Å². The van der Waals surface area contributed by atoms with Crippen LogP contribution in [-0.2, 0) is 0 Å². The van der Waals surface area contributed by atoms with Gasteiger partial charge in [0.1, 0.15) is 5.65 Å². The molecule has 0 radical (unpaired) electrons. The van der Waals surface area contributed by atoms with Gasteiger partial charge in [0, 0.05) is 27.5 Å². The second-order valence-corrected chi connectivity index (χ2v) is 12.0. The molecule has 3 heterocycles. The molecule has 0 saturated heterocycles. The zero-order chi connectivity index (χ0) is 32.7. The van der Waals surface area contributed by atoms with Gasteiger partial charge in [-0.15, -0.1) is 0 Å². The fourth-order valence-corrected chi connectivity index (χ4v) is 6.68. The van der Waals surface area contributed by atoms with Crippen molar-refractivity contribution in [2.45, 2.75) is 0 Å². The van der Waals surface area contributed by atoms with Crippen LogP contribution in [-0.4, -0.2) is 19.5 Å². The van der Waals surface area contributed by atoms with E-state index in [2.05, 4.69) is 120 Å². The van der Waals surface area contributed by atoms with Crippen LogP contribution in [0.15, 0.2) is 164 Å². The Kier molecular flexibility index (Phi) is 6.78. The highest BCUT2D eigenvalue weighted by molar-refractivity contribution is 6.08. The lowest BCUT2D eigenvalue weighted by Crippen LogP contribution is -2.05. The van der Waals surface area contributed by atoms with E-state index in [0.29, 0.717) is 11.5 Å². The van der Waals surface area contributed by atoms with Gasteiger partial charge in [0.15, 0.2) is 0 Å². The molecule has 0 unspecified atom stereocenters. The average molecular weight is 626 g/mol. The average Bonchev–Trinajstić information content (AvgIpc) is 3.51. The summed E-state index contributed by atoms with van der Waals surface area (Å²) >= 11 is 0. The maximum absolute atomic E-state index is 9.47. The lowest BCUT2D eigenvalue weighted by Gasteiger charge is -2.13. The van der Waals surface area contributed by atoms with E-state index in [1.807, 2.05) is 54.6 Å². The van der Waals surface area contributed by atoms with Crippen molar-refractivity contribution < 1.29 is 0 Å². The van der Waals surface area contributed by atoms with E-state index in [1.54, 1.807) is 0 Å². The number of rotatable bonds is 5. The number of benzene rings is 6. The summed E-state index contributed by atoms with van der Waals surface area (Å²) in [5.74, 6) is 0.524. The molecule has 49 heavy (non-hydrogen) atoms. The van der Waals surface area contributed by atoms with Crippen LogP contribution < -0.4 is 0 Å². The fraction of sp³-hybridized carbons (Fsp3) is 0. The minimum absolute atomic E-state index is 0.524. The summed E-state index contributed by atoms with van der Waals surface area (Å²) in [5, 5.41) is 14.0. The number of fused-ring (bicyclic) bond motifs is 4. The molecule has 5 nitrogen and oxygen atoms in total. The van der Waals surface area contributed by atoms with E-state index in [4.69, 9.17) is 15.0 Å². The number of nitriles is 1. The SMILES string of the molecule is N#Cc1ccc(-c2cc(-c3cccc(-c4cccc5ccccc45)c3)nc(-n3c4ccccc4c4ccc(-c5ccccc5)nc43)n2)cc1. The van der Waals surface area contributed by atoms with Gasteiger partial charge in [-0.05, 0) is 64.4 Å². The van der Waals surface area contributed by atoms with E-state index in [9.17, 15) is 5.26 Å². The van der Waals surface area contributed by atoms with Gasteiger partial charge in [-0.2, -0.15) is 5.26 Å². The summed E-state index contributed by atoms with van der Waals surface area (Å²) in [5.41, 5.74) is 9.97. The Balaban J connectivity index is 1.29. The highest BCUT2D eigenvalue weighted by atomic mass is 15.2. The predicted octanol–water partition coefficient (Wildman–Crippen LogP) is 10.7. The number of hydrogen-bond acceptors (Lipinski definition) is 4. The van der Waals surface area contributed by atoms with Gasteiger partial charge in [0.2, 0.25) is 5.95 Å². The van der Waals surface area contributed by atoms with Crippen LogP contribution in [0.4, 0.5) is 0 Å². The molecule has 0 aliphatic carbocycles. The maximum Gasteiger partial charge on any atom is 0.237 e. The Morgan fingerprint density at radius 3 is 1.94 bits per heavy atom. The third-order valence-corrected chi connectivity index (χ3v) is 9.07. The van der Waals surface area contributed by atoms with Gasteiger partial charge >= 0.3 is 0 Å². The number of aromatic nitrogens is 4. The fourth-order valence-electron chi connectivity index (χ4n) is 6.68. The number of nitrogens with zero attached hydrogens (tertiary/aromatic N) is 5. The van der Waals surface area contributed by atoms with Crippen LogP contribution in [0.25, 0.3) is 83.6 Å². The van der Waals surface area contributed by atoms with Crippen LogP contribution in [0.5, 0.6) is 0 Å². The lowest BCUT2D eigenvalue weighted by atomic mass is 9.96. The Labute approximate surface area is 283 Å². The van der Waals surface area contributed by atoms with Crippen molar-refractivity contribution in [2.75, 3.05) is 0 Å². The molecule has 6 aromatic carbocycles. The number of hydrogen-bond donors (Lipinski definition) is 0. The van der Waals surface area contributed by atoms with Crippen molar-refractivity contribution >= 4 is 32.7 Å². The molecule has 3 aromatic heterocycles. The second-order valence-electron chi connectivity index (χ2n) is 12.0. The molecule has 9 rings (SSSR count). The highest BCUT2D eigenvalue weighted by Crippen LogP contribution is 2.35. The molecule has 0 spiro atoms. The van der Waals surface area contributed by atoms with Crippen LogP contribution in [0.1, 0.15) is 5.56 Å². The molecule has 9 aromatic rings. The van der Waals surface area contributed by atoms with Crippen LogP contribution in [0.3, 0.4) is 0 Å². The Morgan fingerprint density at radius 1 is 0.449 bits per heavy atom. The zero-order valence-corrected chi connectivity index (χ0v) is 26.3. The maximum atomic E-state index is 9.47. The number of pyridine rings is 1. The van der Waals surface area contributed by atoms with E-state index in [-0.39, 0.29) is 0 Å².